The van der Waals surface area contributed by atoms with Gasteiger partial charge < -0.3 is 0 Å². The summed E-state index contributed by atoms with van der Waals surface area (Å²) in [6.45, 7) is 6.84. The molecule has 2 saturated carbocycles. The van der Waals surface area contributed by atoms with Gasteiger partial charge in [-0.3, -0.25) is 4.79 Å². The van der Waals surface area contributed by atoms with E-state index < -0.39 is 0 Å². The fraction of sp³-hybridized carbons (Fsp3) is 0.824. The number of hydrogen-bond acceptors (Lipinski definition) is 1. The van der Waals surface area contributed by atoms with E-state index in [0.717, 1.165) is 18.8 Å². The zero-order chi connectivity index (χ0) is 13.0. The molecule has 0 aromatic heterocycles. The summed E-state index contributed by atoms with van der Waals surface area (Å²) in [7, 11) is 0. The van der Waals surface area contributed by atoms with Crippen molar-refractivity contribution in [2.75, 3.05) is 0 Å². The van der Waals surface area contributed by atoms with Crippen molar-refractivity contribution in [3.63, 3.8) is 0 Å². The molecule has 3 atom stereocenters. The van der Waals surface area contributed by atoms with Crippen LogP contribution in [0, 0.1) is 22.7 Å². The Morgan fingerprint density at radius 3 is 2.72 bits per heavy atom. The lowest BCUT2D eigenvalue weighted by Crippen LogP contribution is -2.51. The fourth-order valence-corrected chi connectivity index (χ4v) is 5.20. The highest BCUT2D eigenvalue weighted by Gasteiger charge is 2.55. The maximum atomic E-state index is 12.3. The third-order valence-electron chi connectivity index (χ3n) is 6.25. The summed E-state index contributed by atoms with van der Waals surface area (Å²) in [5, 5.41) is 0. The molecule has 3 rings (SSSR count). The van der Waals surface area contributed by atoms with E-state index in [1.54, 1.807) is 5.57 Å². The Labute approximate surface area is 111 Å². The zero-order valence-electron chi connectivity index (χ0n) is 12.1. The second kappa shape index (κ2) is 3.95. The lowest BCUT2D eigenvalue weighted by molar-refractivity contribution is -0.140. The van der Waals surface area contributed by atoms with Crippen molar-refractivity contribution < 1.29 is 4.79 Å². The third-order valence-corrected chi connectivity index (χ3v) is 6.25. The Morgan fingerprint density at radius 2 is 1.94 bits per heavy atom. The van der Waals surface area contributed by atoms with Crippen LogP contribution >= 0.6 is 0 Å². The van der Waals surface area contributed by atoms with Crippen LogP contribution in [-0.2, 0) is 4.79 Å². The molecule has 18 heavy (non-hydrogen) atoms. The van der Waals surface area contributed by atoms with Crippen LogP contribution < -0.4 is 0 Å². The average molecular weight is 246 g/mol. The first-order valence-electron chi connectivity index (χ1n) is 7.70. The molecule has 0 spiro atoms. The van der Waals surface area contributed by atoms with E-state index in [0.29, 0.717) is 17.1 Å². The van der Waals surface area contributed by atoms with Gasteiger partial charge in [-0.25, -0.2) is 0 Å². The van der Waals surface area contributed by atoms with E-state index in [1.165, 1.54) is 32.1 Å². The van der Waals surface area contributed by atoms with Gasteiger partial charge in [0.25, 0.3) is 0 Å². The molecule has 3 aliphatic rings. The van der Waals surface area contributed by atoms with Gasteiger partial charge in [0.15, 0.2) is 0 Å². The highest BCUT2D eigenvalue weighted by atomic mass is 16.1. The largest absolute Gasteiger partial charge is 0.299 e. The number of allylic oxidation sites excluding steroid dienone is 2. The van der Waals surface area contributed by atoms with Crippen LogP contribution in [0.1, 0.15) is 65.7 Å². The third kappa shape index (κ3) is 1.55. The molecule has 0 aliphatic heterocycles. The van der Waals surface area contributed by atoms with Gasteiger partial charge in [0.05, 0.1) is 0 Å². The van der Waals surface area contributed by atoms with Crippen molar-refractivity contribution in [2.24, 2.45) is 22.7 Å². The van der Waals surface area contributed by atoms with Crippen LogP contribution in [0.15, 0.2) is 11.6 Å². The van der Waals surface area contributed by atoms with Gasteiger partial charge in [0.1, 0.15) is 5.78 Å². The van der Waals surface area contributed by atoms with Crippen molar-refractivity contribution in [1.29, 1.82) is 0 Å². The molecule has 2 unspecified atom stereocenters. The predicted octanol–water partition coefficient (Wildman–Crippen LogP) is 4.52. The van der Waals surface area contributed by atoms with Gasteiger partial charge in [0, 0.05) is 11.8 Å². The van der Waals surface area contributed by atoms with E-state index in [1.807, 2.05) is 0 Å². The second-order valence-corrected chi connectivity index (χ2v) is 7.48. The minimum absolute atomic E-state index is 0.101. The first-order chi connectivity index (χ1) is 8.46. The number of hydrogen-bond donors (Lipinski definition) is 0. The Morgan fingerprint density at radius 1 is 1.17 bits per heavy atom. The lowest BCUT2D eigenvalue weighted by Gasteiger charge is -2.56. The molecule has 100 valence electrons. The topological polar surface area (TPSA) is 17.1 Å². The Hall–Kier alpha value is -0.590. The Kier molecular flexibility index (Phi) is 2.73. The first kappa shape index (κ1) is 12.4. The summed E-state index contributed by atoms with van der Waals surface area (Å²) < 4.78 is 0. The zero-order valence-corrected chi connectivity index (χ0v) is 12.1. The summed E-state index contributed by atoms with van der Waals surface area (Å²) in [5.41, 5.74) is 1.95. The SMILES string of the molecule is CC1(C)C(=O)CC[C@]2(C)C3=CCCCC3CCC12. The van der Waals surface area contributed by atoms with Crippen molar-refractivity contribution in [2.45, 2.75) is 65.7 Å². The molecular formula is C17H26O. The van der Waals surface area contributed by atoms with Gasteiger partial charge >= 0.3 is 0 Å². The van der Waals surface area contributed by atoms with E-state index in [2.05, 4.69) is 26.8 Å². The van der Waals surface area contributed by atoms with Crippen LogP contribution in [0.4, 0.5) is 0 Å². The first-order valence-corrected chi connectivity index (χ1v) is 7.70. The summed E-state index contributed by atoms with van der Waals surface area (Å²) >= 11 is 0. The Balaban J connectivity index is 2.02. The summed E-state index contributed by atoms with van der Waals surface area (Å²) in [4.78, 5) is 12.3. The fourth-order valence-electron chi connectivity index (χ4n) is 5.20. The molecule has 0 aromatic rings. The summed E-state index contributed by atoms with van der Waals surface area (Å²) in [6.07, 6.45) is 11.0. The molecule has 0 saturated heterocycles. The van der Waals surface area contributed by atoms with E-state index in [9.17, 15) is 4.79 Å². The van der Waals surface area contributed by atoms with Gasteiger partial charge in [0.2, 0.25) is 0 Å². The highest BCUT2D eigenvalue weighted by Crippen LogP contribution is 2.61. The number of Topliss-reactive ketones (excluding diaryl/α,β-unsaturated/α-hetero) is 1. The number of carbonyl (C=O) groups excluding carboxylic acids is 1. The van der Waals surface area contributed by atoms with Crippen molar-refractivity contribution in [1.82, 2.24) is 0 Å². The van der Waals surface area contributed by atoms with Crippen molar-refractivity contribution in [3.8, 4) is 0 Å². The molecule has 0 N–H and O–H groups in total. The molecule has 0 amide bonds. The maximum absolute atomic E-state index is 12.3. The smallest absolute Gasteiger partial charge is 0.138 e. The molecule has 2 fully saturated rings. The number of ketones is 1. The molecule has 0 aromatic carbocycles. The molecule has 0 heterocycles. The maximum Gasteiger partial charge on any atom is 0.138 e. The van der Waals surface area contributed by atoms with E-state index in [-0.39, 0.29) is 5.41 Å². The Bertz CT molecular complexity index is 404. The van der Waals surface area contributed by atoms with Crippen molar-refractivity contribution >= 4 is 5.78 Å². The summed E-state index contributed by atoms with van der Waals surface area (Å²) in [6, 6.07) is 0. The van der Waals surface area contributed by atoms with Gasteiger partial charge in [-0.15, -0.1) is 0 Å². The van der Waals surface area contributed by atoms with E-state index in [4.69, 9.17) is 0 Å². The predicted molar refractivity (Wildman–Crippen MR) is 74.3 cm³/mol. The van der Waals surface area contributed by atoms with Crippen LogP contribution in [0.25, 0.3) is 0 Å². The highest BCUT2D eigenvalue weighted by molar-refractivity contribution is 5.85. The van der Waals surface area contributed by atoms with Gasteiger partial charge in [-0.05, 0) is 55.8 Å². The minimum atomic E-state index is -0.101. The lowest BCUT2D eigenvalue weighted by atomic mass is 9.47. The standard InChI is InChI=1S/C17H26O/c1-16(2)14-9-8-12-6-4-5-7-13(12)17(14,3)11-10-15(16)18/h7,12,14H,4-6,8-11H2,1-3H3/t12?,14?,17-/m1/s1. The van der Waals surface area contributed by atoms with Gasteiger partial charge in [-0.1, -0.05) is 32.4 Å². The molecule has 0 bridgehead atoms. The molecule has 0 radical (unpaired) electrons. The van der Waals surface area contributed by atoms with Crippen molar-refractivity contribution in [3.05, 3.63) is 11.6 Å². The van der Waals surface area contributed by atoms with Crippen LogP contribution in [0.5, 0.6) is 0 Å². The van der Waals surface area contributed by atoms with E-state index >= 15 is 0 Å². The molecule has 1 heteroatoms. The second-order valence-electron chi connectivity index (χ2n) is 7.48. The van der Waals surface area contributed by atoms with Crippen LogP contribution in [0.3, 0.4) is 0 Å². The number of carbonyl (C=O) groups is 1. The minimum Gasteiger partial charge on any atom is -0.299 e. The van der Waals surface area contributed by atoms with Gasteiger partial charge in [-0.2, -0.15) is 0 Å². The molecule has 3 aliphatic carbocycles. The summed E-state index contributed by atoms with van der Waals surface area (Å²) in [5.74, 6) is 1.91. The molecular weight excluding hydrogens is 220 g/mol. The quantitative estimate of drug-likeness (QED) is 0.574. The van der Waals surface area contributed by atoms with Crippen LogP contribution in [0.2, 0.25) is 0 Å². The molecule has 1 nitrogen and oxygen atoms in total. The number of rotatable bonds is 0. The average Bonchev–Trinajstić information content (AvgIpc) is 2.35. The normalized spacial score (nSPS) is 42.8. The monoisotopic (exact) mass is 246 g/mol. The number of fused-ring (bicyclic) bond motifs is 3. The van der Waals surface area contributed by atoms with Crippen LogP contribution in [-0.4, -0.2) is 5.78 Å².